The zero-order chi connectivity index (χ0) is 13.5. The van der Waals surface area contributed by atoms with E-state index in [4.69, 9.17) is 4.74 Å². The molecule has 0 rings (SSSR count). The van der Waals surface area contributed by atoms with Crippen molar-refractivity contribution in [1.29, 1.82) is 0 Å². The molecule has 0 saturated heterocycles. The van der Waals surface area contributed by atoms with Gasteiger partial charge in [0.25, 0.3) is 0 Å². The summed E-state index contributed by atoms with van der Waals surface area (Å²) in [6, 6.07) is 0.596. The second-order valence-corrected chi connectivity index (χ2v) is 8.03. The molecule has 0 aromatic heterocycles. The lowest BCUT2D eigenvalue weighted by Gasteiger charge is -2.28. The van der Waals surface area contributed by atoms with Gasteiger partial charge in [-0.25, -0.2) is 0 Å². The maximum Gasteiger partial charge on any atom is 0.0623 e. The van der Waals surface area contributed by atoms with Crippen molar-refractivity contribution in [3.63, 3.8) is 0 Å². The first-order valence-corrected chi connectivity index (χ1v) is 7.61. The Labute approximate surface area is 112 Å². The summed E-state index contributed by atoms with van der Waals surface area (Å²) in [6.45, 7) is 14.4. The SMILES string of the molecule is CCNC(CCC(C)(C)OC)CSC(C)(C)C. The van der Waals surface area contributed by atoms with Gasteiger partial charge in [0, 0.05) is 23.7 Å². The molecule has 1 unspecified atom stereocenters. The predicted molar refractivity (Wildman–Crippen MR) is 80.0 cm³/mol. The molecule has 0 bridgehead atoms. The standard InChI is InChI=1S/C14H31NOS/c1-8-15-12(11-17-13(2,3)4)9-10-14(5,6)16-7/h12,15H,8-11H2,1-7H3. The first kappa shape index (κ1) is 17.3. The van der Waals surface area contributed by atoms with Crippen molar-refractivity contribution in [2.45, 2.75) is 70.8 Å². The van der Waals surface area contributed by atoms with Crippen LogP contribution in [0.2, 0.25) is 0 Å². The van der Waals surface area contributed by atoms with E-state index in [0.29, 0.717) is 10.8 Å². The summed E-state index contributed by atoms with van der Waals surface area (Å²) in [4.78, 5) is 0. The van der Waals surface area contributed by atoms with Crippen molar-refractivity contribution in [2.24, 2.45) is 0 Å². The summed E-state index contributed by atoms with van der Waals surface area (Å²) in [5, 5.41) is 3.58. The number of rotatable bonds is 8. The average molecular weight is 261 g/mol. The molecule has 0 aliphatic heterocycles. The van der Waals surface area contributed by atoms with Crippen LogP contribution in [0.5, 0.6) is 0 Å². The predicted octanol–water partition coefficient (Wildman–Crippen LogP) is 3.70. The lowest BCUT2D eigenvalue weighted by atomic mass is 9.99. The molecule has 0 aliphatic rings. The van der Waals surface area contributed by atoms with E-state index < -0.39 is 0 Å². The van der Waals surface area contributed by atoms with E-state index in [2.05, 4.69) is 46.9 Å². The second-order valence-electron chi connectivity index (χ2n) is 6.18. The number of methoxy groups -OCH3 is 1. The summed E-state index contributed by atoms with van der Waals surface area (Å²) in [6.07, 6.45) is 2.28. The van der Waals surface area contributed by atoms with Crippen LogP contribution in [0.3, 0.4) is 0 Å². The zero-order valence-electron chi connectivity index (χ0n) is 12.7. The van der Waals surface area contributed by atoms with Gasteiger partial charge in [0.15, 0.2) is 0 Å². The van der Waals surface area contributed by atoms with E-state index >= 15 is 0 Å². The van der Waals surface area contributed by atoms with Crippen molar-refractivity contribution in [3.05, 3.63) is 0 Å². The van der Waals surface area contributed by atoms with Gasteiger partial charge in [-0.15, -0.1) is 0 Å². The molecule has 0 aromatic carbocycles. The minimum atomic E-state index is 0.0000700. The van der Waals surface area contributed by atoms with Crippen molar-refractivity contribution < 1.29 is 4.74 Å². The highest BCUT2D eigenvalue weighted by atomic mass is 32.2. The maximum atomic E-state index is 5.48. The minimum absolute atomic E-state index is 0.0000700. The van der Waals surface area contributed by atoms with E-state index in [1.54, 1.807) is 7.11 Å². The van der Waals surface area contributed by atoms with E-state index in [-0.39, 0.29) is 5.60 Å². The van der Waals surface area contributed by atoms with Crippen LogP contribution >= 0.6 is 11.8 Å². The minimum Gasteiger partial charge on any atom is -0.379 e. The second kappa shape index (κ2) is 7.65. The summed E-state index contributed by atoms with van der Waals surface area (Å²) in [5.74, 6) is 1.18. The Bertz CT molecular complexity index is 199. The molecule has 0 spiro atoms. The molecule has 1 atom stereocenters. The first-order valence-electron chi connectivity index (χ1n) is 6.62. The number of nitrogens with one attached hydrogen (secondary N) is 1. The van der Waals surface area contributed by atoms with Crippen LogP contribution in [-0.4, -0.2) is 35.8 Å². The highest BCUT2D eigenvalue weighted by Crippen LogP contribution is 2.25. The molecule has 0 saturated carbocycles. The summed E-state index contributed by atoms with van der Waals surface area (Å²) >= 11 is 2.04. The molecule has 0 radical (unpaired) electrons. The number of ether oxygens (including phenoxy) is 1. The van der Waals surface area contributed by atoms with Gasteiger partial charge in [-0.05, 0) is 33.2 Å². The smallest absolute Gasteiger partial charge is 0.0623 e. The van der Waals surface area contributed by atoms with Crippen LogP contribution in [0.15, 0.2) is 0 Å². The lowest BCUT2D eigenvalue weighted by Crippen LogP contribution is -2.35. The monoisotopic (exact) mass is 261 g/mol. The summed E-state index contributed by atoms with van der Waals surface area (Å²) in [7, 11) is 1.80. The van der Waals surface area contributed by atoms with Crippen LogP contribution in [0.4, 0.5) is 0 Å². The van der Waals surface area contributed by atoms with Gasteiger partial charge < -0.3 is 10.1 Å². The zero-order valence-corrected chi connectivity index (χ0v) is 13.5. The molecule has 0 aromatic rings. The number of hydrogen-bond donors (Lipinski definition) is 1. The number of hydrogen-bond acceptors (Lipinski definition) is 3. The third-order valence-corrected chi connectivity index (χ3v) is 4.29. The quantitative estimate of drug-likeness (QED) is 0.720. The van der Waals surface area contributed by atoms with Crippen molar-refractivity contribution in [2.75, 3.05) is 19.4 Å². The molecular weight excluding hydrogens is 230 g/mol. The molecule has 0 fully saturated rings. The highest BCUT2D eigenvalue weighted by molar-refractivity contribution is 8.00. The van der Waals surface area contributed by atoms with Crippen LogP contribution < -0.4 is 5.32 Å². The van der Waals surface area contributed by atoms with Crippen LogP contribution in [-0.2, 0) is 4.74 Å². The van der Waals surface area contributed by atoms with Gasteiger partial charge in [0.1, 0.15) is 0 Å². The van der Waals surface area contributed by atoms with E-state index in [1.165, 1.54) is 12.2 Å². The van der Waals surface area contributed by atoms with Gasteiger partial charge in [-0.3, -0.25) is 0 Å². The third-order valence-electron chi connectivity index (χ3n) is 2.86. The highest BCUT2D eigenvalue weighted by Gasteiger charge is 2.20. The van der Waals surface area contributed by atoms with Crippen molar-refractivity contribution in [3.8, 4) is 0 Å². The summed E-state index contributed by atoms with van der Waals surface area (Å²) < 4.78 is 5.83. The molecule has 0 aliphatic carbocycles. The molecule has 3 heteroatoms. The first-order chi connectivity index (χ1) is 7.70. The molecule has 17 heavy (non-hydrogen) atoms. The molecular formula is C14H31NOS. The Balaban J connectivity index is 4.07. The molecule has 0 amide bonds. The maximum absolute atomic E-state index is 5.48. The van der Waals surface area contributed by atoms with Gasteiger partial charge in [0.2, 0.25) is 0 Å². The molecule has 2 nitrogen and oxygen atoms in total. The van der Waals surface area contributed by atoms with Crippen LogP contribution in [0.25, 0.3) is 0 Å². The van der Waals surface area contributed by atoms with Gasteiger partial charge in [-0.1, -0.05) is 27.7 Å². The van der Waals surface area contributed by atoms with Crippen LogP contribution in [0, 0.1) is 0 Å². The lowest BCUT2D eigenvalue weighted by molar-refractivity contribution is 0.0122. The fourth-order valence-corrected chi connectivity index (χ4v) is 2.49. The van der Waals surface area contributed by atoms with Crippen molar-refractivity contribution >= 4 is 11.8 Å². The molecule has 104 valence electrons. The Morgan fingerprint density at radius 2 is 1.76 bits per heavy atom. The Morgan fingerprint density at radius 3 is 2.18 bits per heavy atom. The van der Waals surface area contributed by atoms with Gasteiger partial charge >= 0.3 is 0 Å². The fraction of sp³-hybridized carbons (Fsp3) is 1.00. The Morgan fingerprint density at radius 1 is 1.18 bits per heavy atom. The van der Waals surface area contributed by atoms with E-state index in [1.807, 2.05) is 11.8 Å². The van der Waals surface area contributed by atoms with Gasteiger partial charge in [-0.2, -0.15) is 11.8 Å². The Kier molecular flexibility index (Phi) is 7.77. The number of thioether (sulfide) groups is 1. The Hall–Kier alpha value is 0.270. The largest absolute Gasteiger partial charge is 0.379 e. The summed E-state index contributed by atoms with van der Waals surface area (Å²) in [5.41, 5.74) is 0.0000700. The van der Waals surface area contributed by atoms with Gasteiger partial charge in [0.05, 0.1) is 5.60 Å². The fourth-order valence-electron chi connectivity index (χ4n) is 1.51. The van der Waals surface area contributed by atoms with E-state index in [9.17, 15) is 0 Å². The normalized spacial score (nSPS) is 15.0. The van der Waals surface area contributed by atoms with E-state index in [0.717, 1.165) is 13.0 Å². The molecule has 0 heterocycles. The van der Waals surface area contributed by atoms with Crippen LogP contribution in [0.1, 0.15) is 54.4 Å². The van der Waals surface area contributed by atoms with Crippen molar-refractivity contribution in [1.82, 2.24) is 5.32 Å². The topological polar surface area (TPSA) is 21.3 Å². The molecule has 1 N–H and O–H groups in total. The third kappa shape index (κ3) is 9.93. The average Bonchev–Trinajstić information content (AvgIpc) is 2.21.